The highest BCUT2D eigenvalue weighted by Gasteiger charge is 2.53. The normalized spacial score (nSPS) is 33.4. The molecule has 3 saturated heterocycles. The van der Waals surface area contributed by atoms with Crippen molar-refractivity contribution in [3.05, 3.63) is 29.8 Å². The minimum Gasteiger partial charge on any atom is -0.496 e. The Kier molecular flexibility index (Phi) is 4.74. The topological polar surface area (TPSA) is 46.1 Å². The molecule has 5 heteroatoms. The van der Waals surface area contributed by atoms with Crippen molar-refractivity contribution in [1.82, 2.24) is 10.2 Å². The standard InChI is InChI=1S/C23H33N3O2/c1-24-22(26-13-16-17(14-26)20-10-9-19(16)28-20)25-15-23(11-5-6-12-23)18-7-3-4-8-21(18)27-2/h3-4,7-8,16-17,19-20H,5-6,9-15H2,1-2H3,(H,24,25). The highest BCUT2D eigenvalue weighted by Crippen LogP contribution is 2.47. The minimum absolute atomic E-state index is 0.139. The van der Waals surface area contributed by atoms with E-state index in [1.807, 2.05) is 7.05 Å². The van der Waals surface area contributed by atoms with Crippen molar-refractivity contribution in [2.45, 2.75) is 56.1 Å². The molecule has 3 heterocycles. The summed E-state index contributed by atoms with van der Waals surface area (Å²) in [4.78, 5) is 7.14. The monoisotopic (exact) mass is 383 g/mol. The van der Waals surface area contributed by atoms with E-state index in [-0.39, 0.29) is 5.41 Å². The first kappa shape index (κ1) is 18.3. The van der Waals surface area contributed by atoms with E-state index >= 15 is 0 Å². The Hall–Kier alpha value is -1.75. The van der Waals surface area contributed by atoms with Crippen molar-refractivity contribution in [1.29, 1.82) is 0 Å². The highest BCUT2D eigenvalue weighted by molar-refractivity contribution is 5.80. The molecule has 1 aliphatic carbocycles. The van der Waals surface area contributed by atoms with E-state index < -0.39 is 0 Å². The fraction of sp³-hybridized carbons (Fsp3) is 0.696. The summed E-state index contributed by atoms with van der Waals surface area (Å²) < 4.78 is 11.9. The van der Waals surface area contributed by atoms with Gasteiger partial charge in [-0.25, -0.2) is 0 Å². The first-order valence-electron chi connectivity index (χ1n) is 11.0. The first-order chi connectivity index (χ1) is 13.7. The summed E-state index contributed by atoms with van der Waals surface area (Å²) in [5.41, 5.74) is 1.49. The second-order valence-corrected chi connectivity index (χ2v) is 9.11. The van der Waals surface area contributed by atoms with Gasteiger partial charge in [-0.05, 0) is 31.7 Å². The zero-order chi connectivity index (χ0) is 19.1. The van der Waals surface area contributed by atoms with Crippen LogP contribution in [-0.2, 0) is 10.2 Å². The summed E-state index contributed by atoms with van der Waals surface area (Å²) in [6.07, 6.45) is 8.48. The van der Waals surface area contributed by atoms with Gasteiger partial charge in [0.15, 0.2) is 5.96 Å². The second kappa shape index (κ2) is 7.25. The SMILES string of the molecule is CN=C(NCC1(c2ccccc2OC)CCCC1)N1CC2C3CCC(O3)C2C1. The number of fused-ring (bicyclic) bond motifs is 5. The van der Waals surface area contributed by atoms with Gasteiger partial charge in [-0.3, -0.25) is 4.99 Å². The number of rotatable bonds is 4. The van der Waals surface area contributed by atoms with Gasteiger partial charge in [0.2, 0.25) is 0 Å². The van der Waals surface area contributed by atoms with Crippen LogP contribution in [0.15, 0.2) is 29.3 Å². The third-order valence-electron chi connectivity index (χ3n) is 7.79. The van der Waals surface area contributed by atoms with Gasteiger partial charge in [0, 0.05) is 49.5 Å². The first-order valence-corrected chi connectivity index (χ1v) is 11.0. The van der Waals surface area contributed by atoms with Gasteiger partial charge in [0.25, 0.3) is 0 Å². The van der Waals surface area contributed by atoms with Crippen LogP contribution in [0.5, 0.6) is 5.75 Å². The van der Waals surface area contributed by atoms with Crippen molar-refractivity contribution in [3.8, 4) is 5.75 Å². The molecule has 2 bridgehead atoms. The van der Waals surface area contributed by atoms with E-state index in [1.54, 1.807) is 7.11 Å². The van der Waals surface area contributed by atoms with Crippen LogP contribution in [-0.4, -0.2) is 56.9 Å². The molecule has 4 atom stereocenters. The van der Waals surface area contributed by atoms with Gasteiger partial charge in [0.1, 0.15) is 5.75 Å². The molecule has 1 aromatic carbocycles. The Morgan fingerprint density at radius 2 is 1.86 bits per heavy atom. The molecule has 1 N–H and O–H groups in total. The largest absolute Gasteiger partial charge is 0.496 e. The van der Waals surface area contributed by atoms with Crippen molar-refractivity contribution in [2.24, 2.45) is 16.8 Å². The number of hydrogen-bond acceptors (Lipinski definition) is 3. The number of benzene rings is 1. The Balaban J connectivity index is 1.31. The summed E-state index contributed by atoms with van der Waals surface area (Å²) in [5, 5.41) is 3.76. The molecule has 28 heavy (non-hydrogen) atoms. The Labute approximate surface area is 168 Å². The summed E-state index contributed by atoms with van der Waals surface area (Å²) in [6.45, 7) is 3.11. The number of likely N-dealkylation sites (tertiary alicyclic amines) is 1. The number of nitrogens with one attached hydrogen (secondary N) is 1. The second-order valence-electron chi connectivity index (χ2n) is 9.11. The molecule has 5 rings (SSSR count). The highest BCUT2D eigenvalue weighted by atomic mass is 16.5. The third kappa shape index (κ3) is 2.90. The van der Waals surface area contributed by atoms with Crippen molar-refractivity contribution in [3.63, 3.8) is 0 Å². The molecule has 1 saturated carbocycles. The summed E-state index contributed by atoms with van der Waals surface area (Å²) >= 11 is 0. The zero-order valence-corrected chi connectivity index (χ0v) is 17.2. The fourth-order valence-electron chi connectivity index (χ4n) is 6.39. The van der Waals surface area contributed by atoms with E-state index in [0.29, 0.717) is 24.0 Å². The van der Waals surface area contributed by atoms with Gasteiger partial charge in [-0.2, -0.15) is 0 Å². The van der Waals surface area contributed by atoms with Gasteiger partial charge in [-0.1, -0.05) is 31.0 Å². The number of guanidine groups is 1. The van der Waals surface area contributed by atoms with E-state index in [2.05, 4.69) is 39.5 Å². The molecule has 4 fully saturated rings. The number of nitrogens with zero attached hydrogens (tertiary/aromatic N) is 2. The van der Waals surface area contributed by atoms with Crippen LogP contribution in [0.2, 0.25) is 0 Å². The van der Waals surface area contributed by atoms with Crippen molar-refractivity contribution in [2.75, 3.05) is 33.8 Å². The Bertz CT molecular complexity index is 725. The number of para-hydroxylation sites is 1. The van der Waals surface area contributed by atoms with Gasteiger partial charge < -0.3 is 19.7 Å². The maximum absolute atomic E-state index is 6.14. The lowest BCUT2D eigenvalue weighted by atomic mass is 9.78. The van der Waals surface area contributed by atoms with Crippen LogP contribution in [0.1, 0.15) is 44.1 Å². The fourth-order valence-corrected chi connectivity index (χ4v) is 6.39. The van der Waals surface area contributed by atoms with E-state index in [9.17, 15) is 0 Å². The molecule has 4 unspecified atom stereocenters. The van der Waals surface area contributed by atoms with Gasteiger partial charge >= 0.3 is 0 Å². The third-order valence-corrected chi connectivity index (χ3v) is 7.79. The van der Waals surface area contributed by atoms with E-state index in [0.717, 1.165) is 31.3 Å². The van der Waals surface area contributed by atoms with Crippen LogP contribution in [0.3, 0.4) is 0 Å². The summed E-state index contributed by atoms with van der Waals surface area (Å²) in [5.74, 6) is 3.49. The average molecular weight is 384 g/mol. The van der Waals surface area contributed by atoms with Crippen molar-refractivity contribution >= 4 is 5.96 Å². The summed E-state index contributed by atoms with van der Waals surface area (Å²) in [6, 6.07) is 8.56. The van der Waals surface area contributed by atoms with Crippen molar-refractivity contribution < 1.29 is 9.47 Å². The average Bonchev–Trinajstić information content (AvgIpc) is 3.50. The number of ether oxygens (including phenoxy) is 2. The molecule has 4 aliphatic rings. The maximum atomic E-state index is 6.14. The van der Waals surface area contributed by atoms with E-state index in [4.69, 9.17) is 9.47 Å². The lowest BCUT2D eigenvalue weighted by molar-refractivity contribution is 0.0766. The lowest BCUT2D eigenvalue weighted by Gasteiger charge is -2.33. The van der Waals surface area contributed by atoms with Crippen LogP contribution in [0.25, 0.3) is 0 Å². The quantitative estimate of drug-likeness (QED) is 0.641. The molecule has 0 radical (unpaired) electrons. The summed E-state index contributed by atoms with van der Waals surface area (Å²) in [7, 11) is 3.71. The number of hydrogen-bond donors (Lipinski definition) is 1. The Morgan fingerprint density at radius 3 is 2.50 bits per heavy atom. The molecular formula is C23H33N3O2. The molecule has 0 spiro atoms. The molecule has 0 amide bonds. The maximum Gasteiger partial charge on any atom is 0.193 e. The van der Waals surface area contributed by atoms with E-state index in [1.165, 1.54) is 44.1 Å². The van der Waals surface area contributed by atoms with Crippen LogP contribution >= 0.6 is 0 Å². The number of aliphatic imine (C=N–C) groups is 1. The predicted molar refractivity (Wildman–Crippen MR) is 111 cm³/mol. The van der Waals surface area contributed by atoms with Crippen LogP contribution < -0.4 is 10.1 Å². The lowest BCUT2D eigenvalue weighted by Crippen LogP contribution is -2.46. The number of methoxy groups -OCH3 is 1. The zero-order valence-electron chi connectivity index (χ0n) is 17.2. The van der Waals surface area contributed by atoms with Crippen LogP contribution in [0, 0.1) is 11.8 Å². The smallest absolute Gasteiger partial charge is 0.193 e. The van der Waals surface area contributed by atoms with Gasteiger partial charge in [-0.15, -0.1) is 0 Å². The molecule has 3 aliphatic heterocycles. The molecule has 0 aromatic heterocycles. The molecule has 5 nitrogen and oxygen atoms in total. The van der Waals surface area contributed by atoms with Crippen LogP contribution in [0.4, 0.5) is 0 Å². The molecule has 1 aromatic rings. The minimum atomic E-state index is 0.139. The molecular weight excluding hydrogens is 350 g/mol. The molecule has 152 valence electrons. The predicted octanol–water partition coefficient (Wildman–Crippen LogP) is 3.19. The van der Waals surface area contributed by atoms with Gasteiger partial charge in [0.05, 0.1) is 19.3 Å². The Morgan fingerprint density at radius 1 is 1.18 bits per heavy atom.